The molecule has 1 atom stereocenters. The zero-order valence-corrected chi connectivity index (χ0v) is 12.0. The monoisotopic (exact) mass is 281 g/mol. The van der Waals surface area contributed by atoms with Crippen LogP contribution in [0.4, 0.5) is 11.4 Å². The Morgan fingerprint density at radius 2 is 2.15 bits per heavy atom. The number of hydrogen-bond donors (Lipinski definition) is 1. The molecule has 0 spiro atoms. The SMILES string of the molecule is COC(=O)c1ccc([N+](=O)[O-])c(NC(C)CN(C)C)c1. The predicted octanol–water partition coefficient (Wildman–Crippen LogP) is 1.74. The number of hydrogen-bond acceptors (Lipinski definition) is 6. The van der Waals surface area contributed by atoms with E-state index in [4.69, 9.17) is 0 Å². The first kappa shape index (κ1) is 15.9. The average Bonchev–Trinajstić information content (AvgIpc) is 2.36. The van der Waals surface area contributed by atoms with Gasteiger partial charge in [0.05, 0.1) is 17.6 Å². The van der Waals surface area contributed by atoms with Crippen LogP contribution in [-0.4, -0.2) is 49.6 Å². The summed E-state index contributed by atoms with van der Waals surface area (Å²) in [7, 11) is 5.10. The summed E-state index contributed by atoms with van der Waals surface area (Å²) in [6, 6.07) is 4.12. The molecule has 7 nitrogen and oxygen atoms in total. The Morgan fingerprint density at radius 1 is 1.50 bits per heavy atom. The maximum Gasteiger partial charge on any atom is 0.337 e. The minimum Gasteiger partial charge on any atom is -0.465 e. The molecule has 0 aromatic heterocycles. The van der Waals surface area contributed by atoms with E-state index in [-0.39, 0.29) is 17.3 Å². The summed E-state index contributed by atoms with van der Waals surface area (Å²) in [5, 5.41) is 14.1. The van der Waals surface area contributed by atoms with E-state index in [0.717, 1.165) is 0 Å². The number of nitro benzene ring substituents is 1. The molecule has 0 amide bonds. The molecule has 1 N–H and O–H groups in total. The second-order valence-electron chi connectivity index (χ2n) is 4.79. The molecule has 0 aliphatic heterocycles. The van der Waals surface area contributed by atoms with Crippen molar-refractivity contribution < 1.29 is 14.5 Å². The van der Waals surface area contributed by atoms with Gasteiger partial charge >= 0.3 is 5.97 Å². The standard InChI is InChI=1S/C13H19N3O4/c1-9(8-15(2)3)14-11-7-10(13(17)20-4)5-6-12(11)16(18)19/h5-7,9,14H,8H2,1-4H3. The average molecular weight is 281 g/mol. The van der Waals surface area contributed by atoms with Gasteiger partial charge in [-0.3, -0.25) is 10.1 Å². The second kappa shape index (κ2) is 6.85. The smallest absolute Gasteiger partial charge is 0.337 e. The number of nitro groups is 1. The molecule has 1 aromatic rings. The number of anilines is 1. The van der Waals surface area contributed by atoms with Crippen LogP contribution >= 0.6 is 0 Å². The van der Waals surface area contributed by atoms with E-state index in [1.165, 1.54) is 25.3 Å². The summed E-state index contributed by atoms with van der Waals surface area (Å²) in [6.07, 6.45) is 0. The molecule has 0 aliphatic carbocycles. The lowest BCUT2D eigenvalue weighted by atomic mass is 10.1. The van der Waals surface area contributed by atoms with Crippen LogP contribution in [0.15, 0.2) is 18.2 Å². The van der Waals surface area contributed by atoms with Crippen molar-refractivity contribution in [2.24, 2.45) is 0 Å². The van der Waals surface area contributed by atoms with Crippen LogP contribution in [0.3, 0.4) is 0 Å². The summed E-state index contributed by atoms with van der Waals surface area (Å²) in [4.78, 5) is 24.0. The minimum absolute atomic E-state index is 0.00315. The Balaban J connectivity index is 3.06. The van der Waals surface area contributed by atoms with E-state index in [1.807, 2.05) is 25.9 Å². The number of esters is 1. The summed E-state index contributed by atoms with van der Waals surface area (Å²) in [5.41, 5.74) is 0.521. The molecule has 0 saturated heterocycles. The van der Waals surface area contributed by atoms with Gasteiger partial charge in [-0.1, -0.05) is 0 Å². The number of benzene rings is 1. The van der Waals surface area contributed by atoms with Crippen LogP contribution in [0, 0.1) is 10.1 Å². The molecule has 1 rings (SSSR count). The van der Waals surface area contributed by atoms with E-state index in [0.29, 0.717) is 12.2 Å². The fourth-order valence-electron chi connectivity index (χ4n) is 1.91. The Labute approximate surface area is 117 Å². The van der Waals surface area contributed by atoms with Gasteiger partial charge in [-0.05, 0) is 33.2 Å². The van der Waals surface area contributed by atoms with Crippen molar-refractivity contribution in [1.82, 2.24) is 4.90 Å². The van der Waals surface area contributed by atoms with Crippen molar-refractivity contribution in [2.45, 2.75) is 13.0 Å². The third kappa shape index (κ3) is 4.20. The summed E-state index contributed by atoms with van der Waals surface area (Å²) in [6.45, 7) is 2.62. The normalized spacial score (nSPS) is 12.1. The fraction of sp³-hybridized carbons (Fsp3) is 0.462. The molecule has 0 saturated carbocycles. The highest BCUT2D eigenvalue weighted by Gasteiger charge is 2.18. The zero-order chi connectivity index (χ0) is 15.3. The van der Waals surface area contributed by atoms with Gasteiger partial charge in [0, 0.05) is 18.7 Å². The largest absolute Gasteiger partial charge is 0.465 e. The van der Waals surface area contributed by atoms with E-state index in [2.05, 4.69) is 10.1 Å². The Morgan fingerprint density at radius 3 is 2.65 bits per heavy atom. The number of carbonyl (C=O) groups excluding carboxylic acids is 1. The molecule has 0 aliphatic rings. The number of rotatable bonds is 6. The van der Waals surface area contributed by atoms with Crippen LogP contribution in [0.1, 0.15) is 17.3 Å². The number of likely N-dealkylation sites (N-methyl/N-ethyl adjacent to an activating group) is 1. The lowest BCUT2D eigenvalue weighted by Crippen LogP contribution is -2.29. The molecule has 20 heavy (non-hydrogen) atoms. The molecule has 7 heteroatoms. The van der Waals surface area contributed by atoms with Gasteiger partial charge in [0.1, 0.15) is 5.69 Å². The molecule has 1 aromatic carbocycles. The van der Waals surface area contributed by atoms with Gasteiger partial charge < -0.3 is 15.0 Å². The summed E-state index contributed by atoms with van der Waals surface area (Å²) >= 11 is 0. The maximum atomic E-state index is 11.5. The first-order valence-electron chi connectivity index (χ1n) is 6.13. The van der Waals surface area contributed by atoms with Crippen molar-refractivity contribution >= 4 is 17.3 Å². The molecule has 0 bridgehead atoms. The van der Waals surface area contributed by atoms with Gasteiger partial charge in [0.25, 0.3) is 5.69 Å². The van der Waals surface area contributed by atoms with Gasteiger partial charge in [-0.2, -0.15) is 0 Å². The third-order valence-electron chi connectivity index (χ3n) is 2.66. The van der Waals surface area contributed by atoms with Crippen LogP contribution in [-0.2, 0) is 4.74 Å². The first-order chi connectivity index (χ1) is 9.35. The number of methoxy groups -OCH3 is 1. The minimum atomic E-state index is -0.525. The lowest BCUT2D eigenvalue weighted by Gasteiger charge is -2.19. The van der Waals surface area contributed by atoms with Gasteiger partial charge in [-0.15, -0.1) is 0 Å². The van der Waals surface area contributed by atoms with E-state index in [9.17, 15) is 14.9 Å². The number of nitrogens with zero attached hydrogens (tertiary/aromatic N) is 2. The van der Waals surface area contributed by atoms with Crippen molar-refractivity contribution in [2.75, 3.05) is 33.1 Å². The van der Waals surface area contributed by atoms with Crippen LogP contribution < -0.4 is 5.32 Å². The molecule has 0 fully saturated rings. The third-order valence-corrected chi connectivity index (χ3v) is 2.66. The maximum absolute atomic E-state index is 11.5. The topological polar surface area (TPSA) is 84.7 Å². The van der Waals surface area contributed by atoms with Crippen molar-refractivity contribution in [3.8, 4) is 0 Å². The molecule has 110 valence electrons. The Kier molecular flexibility index (Phi) is 5.45. The van der Waals surface area contributed by atoms with Crippen LogP contribution in [0.2, 0.25) is 0 Å². The predicted molar refractivity (Wildman–Crippen MR) is 76.1 cm³/mol. The van der Waals surface area contributed by atoms with Gasteiger partial charge in [-0.25, -0.2) is 4.79 Å². The van der Waals surface area contributed by atoms with E-state index >= 15 is 0 Å². The second-order valence-corrected chi connectivity index (χ2v) is 4.79. The first-order valence-corrected chi connectivity index (χ1v) is 6.13. The molecule has 0 radical (unpaired) electrons. The molecular formula is C13H19N3O4. The summed E-state index contributed by atoms with van der Waals surface area (Å²) < 4.78 is 4.62. The van der Waals surface area contributed by atoms with Crippen LogP contribution in [0.25, 0.3) is 0 Å². The number of nitrogens with one attached hydrogen (secondary N) is 1. The number of ether oxygens (including phenoxy) is 1. The fourth-order valence-corrected chi connectivity index (χ4v) is 1.91. The highest BCUT2D eigenvalue weighted by molar-refractivity contribution is 5.91. The Hall–Kier alpha value is -2.15. The highest BCUT2D eigenvalue weighted by atomic mass is 16.6. The van der Waals surface area contributed by atoms with Crippen molar-refractivity contribution in [1.29, 1.82) is 0 Å². The molecule has 0 heterocycles. The molecule has 1 unspecified atom stereocenters. The lowest BCUT2D eigenvalue weighted by molar-refractivity contribution is -0.384. The van der Waals surface area contributed by atoms with Crippen molar-refractivity contribution in [3.63, 3.8) is 0 Å². The van der Waals surface area contributed by atoms with Crippen LogP contribution in [0.5, 0.6) is 0 Å². The summed E-state index contributed by atoms with van der Waals surface area (Å²) in [5.74, 6) is -0.525. The van der Waals surface area contributed by atoms with Crippen molar-refractivity contribution in [3.05, 3.63) is 33.9 Å². The highest BCUT2D eigenvalue weighted by Crippen LogP contribution is 2.26. The van der Waals surface area contributed by atoms with Gasteiger partial charge in [0.2, 0.25) is 0 Å². The molecular weight excluding hydrogens is 262 g/mol. The van der Waals surface area contributed by atoms with E-state index < -0.39 is 10.9 Å². The number of carbonyl (C=O) groups is 1. The van der Waals surface area contributed by atoms with E-state index in [1.54, 1.807) is 0 Å². The zero-order valence-electron chi connectivity index (χ0n) is 12.0. The quantitative estimate of drug-likeness (QED) is 0.486. The van der Waals surface area contributed by atoms with Gasteiger partial charge in [0.15, 0.2) is 0 Å². The Bertz CT molecular complexity index is 502.